The van der Waals surface area contributed by atoms with Gasteiger partial charge in [-0.25, -0.2) is 0 Å². The van der Waals surface area contributed by atoms with Crippen LogP contribution in [0.4, 0.5) is 0 Å². The van der Waals surface area contributed by atoms with E-state index in [0.29, 0.717) is 0 Å². The summed E-state index contributed by atoms with van der Waals surface area (Å²) in [5.41, 5.74) is 7.45. The molecule has 1 aromatic carbocycles. The van der Waals surface area contributed by atoms with Gasteiger partial charge in [0.05, 0.1) is 19.8 Å². The zero-order valence-corrected chi connectivity index (χ0v) is 13.0. The molecule has 0 radical (unpaired) electrons. The number of likely N-dealkylation sites (N-methyl/N-ethyl adjacent to an activating group) is 1. The number of nitrogens with zero attached hydrogens (tertiary/aromatic N) is 1. The van der Waals surface area contributed by atoms with Gasteiger partial charge in [-0.2, -0.15) is 0 Å². The van der Waals surface area contributed by atoms with Gasteiger partial charge in [-0.05, 0) is 37.2 Å². The van der Waals surface area contributed by atoms with E-state index in [1.54, 1.807) is 7.11 Å². The first-order chi connectivity index (χ1) is 9.10. The number of nitrogens with two attached hydrogens (primary N) is 1. The molecule has 0 spiro atoms. The summed E-state index contributed by atoms with van der Waals surface area (Å²) in [5.74, 6) is 0.854. The van der Waals surface area contributed by atoms with Gasteiger partial charge < -0.3 is 20.1 Å². The van der Waals surface area contributed by atoms with Crippen molar-refractivity contribution >= 4 is 15.9 Å². The molecule has 2 rings (SSSR count). The van der Waals surface area contributed by atoms with Crippen LogP contribution in [0.1, 0.15) is 5.56 Å². The van der Waals surface area contributed by atoms with Gasteiger partial charge in [0.1, 0.15) is 5.75 Å². The Hall–Kier alpha value is -0.620. The number of morpholine rings is 1. The van der Waals surface area contributed by atoms with E-state index >= 15 is 0 Å². The molecule has 1 aliphatic rings. The smallest absolute Gasteiger partial charge is 0.119 e. The molecule has 4 nitrogen and oxygen atoms in total. The molecule has 2 unspecified atom stereocenters. The van der Waals surface area contributed by atoms with Crippen LogP contribution in [0.5, 0.6) is 5.75 Å². The van der Waals surface area contributed by atoms with Crippen molar-refractivity contribution in [3.8, 4) is 5.75 Å². The highest BCUT2D eigenvalue weighted by Gasteiger charge is 2.24. The van der Waals surface area contributed by atoms with Gasteiger partial charge >= 0.3 is 0 Å². The molecule has 5 heteroatoms. The van der Waals surface area contributed by atoms with Crippen molar-refractivity contribution in [2.24, 2.45) is 5.73 Å². The Morgan fingerprint density at radius 1 is 1.58 bits per heavy atom. The fourth-order valence-electron chi connectivity index (χ4n) is 2.29. The molecule has 1 fully saturated rings. The summed E-state index contributed by atoms with van der Waals surface area (Å²) in [4.78, 5) is 2.26. The topological polar surface area (TPSA) is 47.7 Å². The lowest BCUT2D eigenvalue weighted by Crippen LogP contribution is -2.50. The first-order valence-electron chi connectivity index (χ1n) is 6.48. The third kappa shape index (κ3) is 3.92. The fourth-order valence-corrected chi connectivity index (χ4v) is 2.70. The molecule has 0 aromatic heterocycles. The monoisotopic (exact) mass is 328 g/mol. The van der Waals surface area contributed by atoms with E-state index in [4.69, 9.17) is 15.2 Å². The van der Waals surface area contributed by atoms with Crippen molar-refractivity contribution in [1.82, 2.24) is 4.90 Å². The maximum Gasteiger partial charge on any atom is 0.119 e. The Balaban J connectivity index is 2.03. The van der Waals surface area contributed by atoms with E-state index in [0.717, 1.165) is 41.9 Å². The second-order valence-electron chi connectivity index (χ2n) is 5.00. The molecule has 2 atom stereocenters. The number of methoxy groups -OCH3 is 1. The maximum absolute atomic E-state index is 6.29. The van der Waals surface area contributed by atoms with Gasteiger partial charge in [0.15, 0.2) is 0 Å². The number of benzene rings is 1. The van der Waals surface area contributed by atoms with Crippen molar-refractivity contribution in [3.05, 3.63) is 28.2 Å². The zero-order chi connectivity index (χ0) is 13.8. The molecule has 1 heterocycles. The molecule has 19 heavy (non-hydrogen) atoms. The SMILES string of the molecule is COc1ccc(Br)c(CC(N)C2CN(C)CCO2)c1. The van der Waals surface area contributed by atoms with Gasteiger partial charge in [-0.3, -0.25) is 0 Å². The van der Waals surface area contributed by atoms with Crippen molar-refractivity contribution in [3.63, 3.8) is 0 Å². The maximum atomic E-state index is 6.29. The molecule has 0 aliphatic carbocycles. The first kappa shape index (κ1) is 14.8. The highest BCUT2D eigenvalue weighted by molar-refractivity contribution is 9.10. The summed E-state index contributed by atoms with van der Waals surface area (Å²) >= 11 is 3.56. The minimum Gasteiger partial charge on any atom is -0.497 e. The molecule has 0 bridgehead atoms. The molecule has 0 amide bonds. The van der Waals surface area contributed by atoms with Gasteiger partial charge in [-0.1, -0.05) is 15.9 Å². The van der Waals surface area contributed by atoms with E-state index in [-0.39, 0.29) is 12.1 Å². The Kier molecular flexibility index (Phi) is 5.21. The highest BCUT2D eigenvalue weighted by Crippen LogP contribution is 2.24. The second kappa shape index (κ2) is 6.70. The summed E-state index contributed by atoms with van der Waals surface area (Å²) < 4.78 is 12.1. The molecular weight excluding hydrogens is 308 g/mol. The Morgan fingerprint density at radius 2 is 2.37 bits per heavy atom. The number of hydrogen-bond acceptors (Lipinski definition) is 4. The number of ether oxygens (including phenoxy) is 2. The van der Waals surface area contributed by atoms with Gasteiger partial charge in [0.25, 0.3) is 0 Å². The lowest BCUT2D eigenvalue weighted by molar-refractivity contribution is -0.0319. The summed E-state index contributed by atoms with van der Waals surface area (Å²) in [6, 6.07) is 5.95. The molecule has 106 valence electrons. The average molecular weight is 329 g/mol. The van der Waals surface area contributed by atoms with Crippen molar-refractivity contribution in [1.29, 1.82) is 0 Å². The highest BCUT2D eigenvalue weighted by atomic mass is 79.9. The molecule has 2 N–H and O–H groups in total. The fraction of sp³-hybridized carbons (Fsp3) is 0.571. The number of halogens is 1. The Morgan fingerprint density at radius 3 is 3.05 bits per heavy atom. The van der Waals surface area contributed by atoms with E-state index in [9.17, 15) is 0 Å². The lowest BCUT2D eigenvalue weighted by atomic mass is 10.0. The van der Waals surface area contributed by atoms with Crippen LogP contribution in [0.2, 0.25) is 0 Å². The van der Waals surface area contributed by atoms with Crippen molar-refractivity contribution in [2.75, 3.05) is 33.9 Å². The van der Waals surface area contributed by atoms with Gasteiger partial charge in [0, 0.05) is 23.6 Å². The molecular formula is C14H21BrN2O2. The van der Waals surface area contributed by atoms with Crippen molar-refractivity contribution in [2.45, 2.75) is 18.6 Å². The minimum absolute atomic E-state index is 0.00819. The third-order valence-corrected chi connectivity index (χ3v) is 4.26. The summed E-state index contributed by atoms with van der Waals surface area (Å²) in [6.45, 7) is 2.63. The van der Waals surface area contributed by atoms with Crippen LogP contribution in [-0.4, -0.2) is 50.9 Å². The molecule has 1 aliphatic heterocycles. The largest absolute Gasteiger partial charge is 0.497 e. The van der Waals surface area contributed by atoms with E-state index < -0.39 is 0 Å². The summed E-state index contributed by atoms with van der Waals surface area (Å²) in [5, 5.41) is 0. The van der Waals surface area contributed by atoms with Crippen LogP contribution in [0.25, 0.3) is 0 Å². The predicted octanol–water partition coefficient (Wildman–Crippen LogP) is 1.66. The van der Waals surface area contributed by atoms with E-state index in [1.165, 1.54) is 0 Å². The Bertz CT molecular complexity index is 428. The number of hydrogen-bond donors (Lipinski definition) is 1. The number of rotatable bonds is 4. The van der Waals surface area contributed by atoms with Crippen LogP contribution in [0.3, 0.4) is 0 Å². The summed E-state index contributed by atoms with van der Waals surface area (Å²) in [7, 11) is 3.77. The molecule has 0 saturated carbocycles. The first-order valence-corrected chi connectivity index (χ1v) is 7.27. The van der Waals surface area contributed by atoms with Crippen LogP contribution < -0.4 is 10.5 Å². The van der Waals surface area contributed by atoms with E-state index in [2.05, 4.69) is 27.9 Å². The third-order valence-electron chi connectivity index (χ3n) is 3.48. The predicted molar refractivity (Wildman–Crippen MR) is 79.6 cm³/mol. The minimum atomic E-state index is -0.00819. The molecule has 1 aromatic rings. The lowest BCUT2D eigenvalue weighted by Gasteiger charge is -2.33. The Labute approximate surface area is 123 Å². The van der Waals surface area contributed by atoms with Crippen LogP contribution in [0, 0.1) is 0 Å². The normalized spacial score (nSPS) is 22.2. The molecule has 1 saturated heterocycles. The van der Waals surface area contributed by atoms with Crippen LogP contribution in [0.15, 0.2) is 22.7 Å². The standard InChI is InChI=1S/C14H21BrN2O2/c1-17-5-6-19-14(9-17)13(16)8-10-7-11(18-2)3-4-12(10)15/h3-4,7,13-14H,5-6,8-9,16H2,1-2H3. The van der Waals surface area contributed by atoms with Crippen LogP contribution in [-0.2, 0) is 11.2 Å². The van der Waals surface area contributed by atoms with Gasteiger partial charge in [-0.15, -0.1) is 0 Å². The van der Waals surface area contributed by atoms with Crippen molar-refractivity contribution < 1.29 is 9.47 Å². The van der Waals surface area contributed by atoms with Gasteiger partial charge in [0.2, 0.25) is 0 Å². The summed E-state index contributed by atoms with van der Waals surface area (Å²) in [6.07, 6.45) is 0.868. The average Bonchev–Trinajstić information content (AvgIpc) is 2.41. The quantitative estimate of drug-likeness (QED) is 0.913. The second-order valence-corrected chi connectivity index (χ2v) is 5.85. The zero-order valence-electron chi connectivity index (χ0n) is 11.4. The van der Waals surface area contributed by atoms with E-state index in [1.807, 2.05) is 18.2 Å². The van der Waals surface area contributed by atoms with Crippen LogP contribution >= 0.6 is 15.9 Å².